The SMILES string of the molecule is C[NH2+]CCN(C)c1ccc(NCn2ncc3c2-c2ccc(Cl)cc2NC(=S)C3)c(C)n1. The summed E-state index contributed by atoms with van der Waals surface area (Å²) in [6.07, 6.45) is 2.54. The van der Waals surface area contributed by atoms with Gasteiger partial charge in [0.05, 0.1) is 48.4 Å². The van der Waals surface area contributed by atoms with Crippen molar-refractivity contribution in [2.24, 2.45) is 0 Å². The van der Waals surface area contributed by atoms with Crippen molar-refractivity contribution in [3.05, 3.63) is 52.8 Å². The first kappa shape index (κ1) is 21.5. The number of hydrogen-bond acceptors (Lipinski definition) is 5. The van der Waals surface area contributed by atoms with Crippen molar-refractivity contribution in [3.8, 4) is 11.3 Å². The van der Waals surface area contributed by atoms with Gasteiger partial charge in [0.25, 0.3) is 0 Å². The molecule has 4 N–H and O–H groups in total. The predicted octanol–water partition coefficient (Wildman–Crippen LogP) is 2.90. The van der Waals surface area contributed by atoms with Crippen molar-refractivity contribution in [2.75, 3.05) is 42.7 Å². The first-order valence-corrected chi connectivity index (χ1v) is 11.1. The van der Waals surface area contributed by atoms with Crippen LogP contribution in [0.5, 0.6) is 0 Å². The van der Waals surface area contributed by atoms with Crippen LogP contribution < -0.4 is 20.9 Å². The number of quaternary nitrogens is 1. The molecule has 3 aromatic rings. The molecule has 0 unspecified atom stereocenters. The number of nitrogens with one attached hydrogen (secondary N) is 2. The van der Waals surface area contributed by atoms with Gasteiger partial charge in [0, 0.05) is 35.3 Å². The molecule has 0 saturated heterocycles. The summed E-state index contributed by atoms with van der Waals surface area (Å²) in [6.45, 7) is 4.53. The van der Waals surface area contributed by atoms with E-state index in [1.54, 1.807) is 0 Å². The number of benzene rings is 1. The summed E-state index contributed by atoms with van der Waals surface area (Å²) in [5.41, 5.74) is 6.04. The summed E-state index contributed by atoms with van der Waals surface area (Å²) < 4.78 is 1.97. The first-order valence-electron chi connectivity index (χ1n) is 10.3. The average Bonchev–Trinajstić information content (AvgIpc) is 3.06. The molecule has 9 heteroatoms. The van der Waals surface area contributed by atoms with E-state index in [1.807, 2.05) is 42.1 Å². The van der Waals surface area contributed by atoms with Gasteiger partial charge in [-0.2, -0.15) is 5.10 Å². The Morgan fingerprint density at radius 3 is 2.94 bits per heavy atom. The molecule has 0 fully saturated rings. The number of rotatable bonds is 7. The summed E-state index contributed by atoms with van der Waals surface area (Å²) in [4.78, 5) is 7.69. The van der Waals surface area contributed by atoms with E-state index in [0.29, 0.717) is 18.1 Å². The fraction of sp³-hybridized carbons (Fsp3) is 0.318. The number of likely N-dealkylation sites (N-methyl/N-ethyl adjacent to an activating group) is 2. The van der Waals surface area contributed by atoms with Gasteiger partial charge in [-0.25, -0.2) is 9.67 Å². The van der Waals surface area contributed by atoms with Crippen LogP contribution in [0.2, 0.25) is 5.02 Å². The third-order valence-electron chi connectivity index (χ3n) is 5.41. The van der Waals surface area contributed by atoms with Gasteiger partial charge in [0.1, 0.15) is 12.5 Å². The molecular weight excluding hydrogens is 430 g/mol. The molecule has 1 aliphatic heterocycles. The number of anilines is 3. The number of pyridine rings is 1. The molecule has 0 amide bonds. The Morgan fingerprint density at radius 2 is 2.16 bits per heavy atom. The molecule has 0 spiro atoms. The highest BCUT2D eigenvalue weighted by Gasteiger charge is 2.21. The largest absolute Gasteiger partial charge is 0.365 e. The van der Waals surface area contributed by atoms with E-state index in [4.69, 9.17) is 28.8 Å². The van der Waals surface area contributed by atoms with E-state index in [9.17, 15) is 0 Å². The Labute approximate surface area is 192 Å². The van der Waals surface area contributed by atoms with Crippen LogP contribution in [0.25, 0.3) is 11.3 Å². The zero-order chi connectivity index (χ0) is 22.0. The molecule has 162 valence electrons. The van der Waals surface area contributed by atoms with Crippen LogP contribution in [0.15, 0.2) is 36.5 Å². The Kier molecular flexibility index (Phi) is 6.41. The molecule has 0 bridgehead atoms. The number of fused-ring (bicyclic) bond motifs is 3. The topological polar surface area (TPSA) is 74.6 Å². The number of nitrogens with zero attached hydrogens (tertiary/aromatic N) is 4. The molecule has 0 aliphatic carbocycles. The van der Waals surface area contributed by atoms with Crippen molar-refractivity contribution >= 4 is 46.0 Å². The monoisotopic (exact) mass is 456 g/mol. The van der Waals surface area contributed by atoms with Gasteiger partial charge >= 0.3 is 0 Å². The van der Waals surface area contributed by atoms with Gasteiger partial charge in [-0.15, -0.1) is 0 Å². The zero-order valence-electron chi connectivity index (χ0n) is 17.9. The summed E-state index contributed by atoms with van der Waals surface area (Å²) in [5.74, 6) is 0.975. The maximum atomic E-state index is 6.21. The van der Waals surface area contributed by atoms with Gasteiger partial charge in [-0.3, -0.25) is 0 Å². The molecule has 1 aliphatic rings. The number of aromatic nitrogens is 3. The second-order valence-electron chi connectivity index (χ2n) is 7.69. The predicted molar refractivity (Wildman–Crippen MR) is 131 cm³/mol. The van der Waals surface area contributed by atoms with Crippen LogP contribution in [0.4, 0.5) is 17.2 Å². The Balaban J connectivity index is 1.56. The lowest BCUT2D eigenvalue weighted by molar-refractivity contribution is -0.624. The summed E-state index contributed by atoms with van der Waals surface area (Å²) in [6, 6.07) is 9.94. The lowest BCUT2D eigenvalue weighted by Gasteiger charge is -2.19. The molecule has 0 radical (unpaired) electrons. The van der Waals surface area contributed by atoms with Crippen molar-refractivity contribution in [3.63, 3.8) is 0 Å². The van der Waals surface area contributed by atoms with Gasteiger partial charge in [0.15, 0.2) is 0 Å². The molecule has 31 heavy (non-hydrogen) atoms. The standard InChI is InChI=1S/C22H26ClN7S/c1-14-18(6-7-20(27-14)29(3)9-8-24-2)25-13-30-22-15(12-26-30)10-21(31)28-19-11-16(23)4-5-17(19)22/h4-7,11-12,24-25H,8-10,13H2,1-3H3,(H,28,31)/p+1. The molecule has 0 atom stereocenters. The Morgan fingerprint density at radius 1 is 1.32 bits per heavy atom. The number of aryl methyl sites for hydroxylation is 1. The quantitative estimate of drug-likeness (QED) is 0.475. The smallest absolute Gasteiger partial charge is 0.128 e. The minimum absolute atomic E-state index is 0.520. The van der Waals surface area contributed by atoms with E-state index in [1.165, 1.54) is 0 Å². The number of nitrogens with two attached hydrogens (primary N) is 1. The number of halogens is 1. The van der Waals surface area contributed by atoms with Crippen LogP contribution in [0.1, 0.15) is 11.3 Å². The average molecular weight is 457 g/mol. The minimum Gasteiger partial charge on any atom is -0.365 e. The fourth-order valence-corrected chi connectivity index (χ4v) is 4.16. The third kappa shape index (κ3) is 4.66. The second kappa shape index (κ2) is 9.21. The van der Waals surface area contributed by atoms with E-state index >= 15 is 0 Å². The molecular formula is C22H27ClN7S+. The highest BCUT2D eigenvalue weighted by atomic mass is 35.5. The molecule has 3 heterocycles. The highest BCUT2D eigenvalue weighted by molar-refractivity contribution is 7.80. The maximum absolute atomic E-state index is 6.21. The number of hydrogen-bond donors (Lipinski definition) is 3. The highest BCUT2D eigenvalue weighted by Crippen LogP contribution is 2.36. The zero-order valence-corrected chi connectivity index (χ0v) is 19.5. The molecule has 0 saturated carbocycles. The number of thiocarbonyl (C=S) groups is 1. The molecule has 4 rings (SSSR count). The van der Waals surface area contributed by atoms with E-state index in [-0.39, 0.29) is 0 Å². The summed E-state index contributed by atoms with van der Waals surface area (Å²) >= 11 is 11.7. The molecule has 7 nitrogen and oxygen atoms in total. The Bertz CT molecular complexity index is 1110. The van der Waals surface area contributed by atoms with Gasteiger partial charge < -0.3 is 20.9 Å². The molecule has 1 aromatic carbocycles. The minimum atomic E-state index is 0.520. The van der Waals surface area contributed by atoms with Crippen LogP contribution in [0.3, 0.4) is 0 Å². The summed E-state index contributed by atoms with van der Waals surface area (Å²) in [7, 11) is 4.14. The van der Waals surface area contributed by atoms with E-state index < -0.39 is 0 Å². The summed E-state index contributed by atoms with van der Waals surface area (Å²) in [5, 5.41) is 14.2. The maximum Gasteiger partial charge on any atom is 0.128 e. The van der Waals surface area contributed by atoms with Crippen molar-refractivity contribution in [1.29, 1.82) is 0 Å². The lowest BCUT2D eigenvalue weighted by Crippen LogP contribution is -2.81. The van der Waals surface area contributed by atoms with Gasteiger partial charge in [-0.1, -0.05) is 23.8 Å². The molecule has 2 aromatic heterocycles. The van der Waals surface area contributed by atoms with Gasteiger partial charge in [-0.05, 0) is 37.3 Å². The Hall–Kier alpha value is -2.68. The lowest BCUT2D eigenvalue weighted by atomic mass is 10.1. The van der Waals surface area contributed by atoms with E-state index in [0.717, 1.165) is 57.8 Å². The van der Waals surface area contributed by atoms with Crippen LogP contribution in [-0.4, -0.2) is 46.9 Å². The second-order valence-corrected chi connectivity index (χ2v) is 8.62. The van der Waals surface area contributed by atoms with Crippen molar-refractivity contribution < 1.29 is 5.32 Å². The van der Waals surface area contributed by atoms with Crippen LogP contribution in [-0.2, 0) is 13.1 Å². The van der Waals surface area contributed by atoms with Gasteiger partial charge in [0.2, 0.25) is 0 Å². The van der Waals surface area contributed by atoms with Crippen molar-refractivity contribution in [2.45, 2.75) is 20.0 Å². The van der Waals surface area contributed by atoms with Crippen LogP contribution >= 0.6 is 23.8 Å². The normalized spacial score (nSPS) is 12.6. The fourth-order valence-electron chi connectivity index (χ4n) is 3.72. The van der Waals surface area contributed by atoms with Crippen molar-refractivity contribution in [1.82, 2.24) is 14.8 Å². The third-order valence-corrected chi connectivity index (χ3v) is 5.89. The van der Waals surface area contributed by atoms with E-state index in [2.05, 4.69) is 46.1 Å². The van der Waals surface area contributed by atoms with Crippen LogP contribution in [0, 0.1) is 6.92 Å². The first-order chi connectivity index (χ1) is 15.0.